The molecule has 3 aromatic rings. The first-order valence-electron chi connectivity index (χ1n) is 9.46. The fourth-order valence-corrected chi connectivity index (χ4v) is 2.76. The van der Waals surface area contributed by atoms with Crippen molar-refractivity contribution in [1.82, 2.24) is 20.4 Å². The predicted molar refractivity (Wildman–Crippen MR) is 108 cm³/mol. The van der Waals surface area contributed by atoms with Gasteiger partial charge in [-0.1, -0.05) is 31.1 Å². The van der Waals surface area contributed by atoms with E-state index in [1.165, 1.54) is 0 Å². The van der Waals surface area contributed by atoms with Crippen LogP contribution in [0.5, 0.6) is 5.75 Å². The van der Waals surface area contributed by atoms with Crippen LogP contribution < -0.4 is 15.8 Å². The highest BCUT2D eigenvalue weighted by Gasteiger charge is 2.25. The number of benzene rings is 1. The molecule has 3 rings (SSSR count). The van der Waals surface area contributed by atoms with Gasteiger partial charge in [-0.2, -0.15) is 4.98 Å². The van der Waals surface area contributed by atoms with Gasteiger partial charge in [0.2, 0.25) is 17.6 Å². The van der Waals surface area contributed by atoms with Crippen LogP contribution in [0.3, 0.4) is 0 Å². The second kappa shape index (κ2) is 9.64. The lowest BCUT2D eigenvalue weighted by molar-refractivity contribution is -0.124. The zero-order valence-corrected chi connectivity index (χ0v) is 16.7. The van der Waals surface area contributed by atoms with Gasteiger partial charge in [0.1, 0.15) is 11.8 Å². The highest BCUT2D eigenvalue weighted by atomic mass is 16.5. The standard InChI is InChI=1S/C21H23N5O4/c1-13(2)19(21-25-20(26-30-21)15-4-3-9-23-11-15)24-18(28)12-29-16-7-5-14(6-8-16)10-17(22)27/h3-9,11,13,19H,10,12H2,1-2H3,(H2,22,27)(H,24,28). The van der Waals surface area contributed by atoms with Gasteiger partial charge in [0, 0.05) is 18.0 Å². The molecule has 0 saturated carbocycles. The molecule has 1 unspecified atom stereocenters. The Kier molecular flexibility index (Phi) is 6.74. The van der Waals surface area contributed by atoms with Gasteiger partial charge in [-0.15, -0.1) is 0 Å². The summed E-state index contributed by atoms with van der Waals surface area (Å²) in [5.41, 5.74) is 6.67. The number of primary amides is 1. The number of nitrogens with zero attached hydrogens (tertiary/aromatic N) is 3. The van der Waals surface area contributed by atoms with E-state index in [9.17, 15) is 9.59 Å². The van der Waals surface area contributed by atoms with Crippen molar-refractivity contribution in [3.05, 3.63) is 60.2 Å². The first-order valence-corrected chi connectivity index (χ1v) is 9.46. The van der Waals surface area contributed by atoms with Crippen LogP contribution in [0.1, 0.15) is 31.3 Å². The average molecular weight is 409 g/mol. The van der Waals surface area contributed by atoms with Crippen molar-refractivity contribution in [2.75, 3.05) is 6.61 Å². The van der Waals surface area contributed by atoms with Gasteiger partial charge >= 0.3 is 0 Å². The molecule has 0 aliphatic carbocycles. The summed E-state index contributed by atoms with van der Waals surface area (Å²) in [5, 5.41) is 6.85. The Morgan fingerprint density at radius 2 is 1.97 bits per heavy atom. The maximum Gasteiger partial charge on any atom is 0.258 e. The molecule has 2 aromatic heterocycles. The SMILES string of the molecule is CC(C)C(NC(=O)COc1ccc(CC(N)=O)cc1)c1nc(-c2cccnc2)no1. The van der Waals surface area contributed by atoms with Crippen molar-refractivity contribution in [2.45, 2.75) is 26.3 Å². The molecule has 1 atom stereocenters. The van der Waals surface area contributed by atoms with Crippen molar-refractivity contribution in [2.24, 2.45) is 11.7 Å². The molecule has 0 aliphatic heterocycles. The van der Waals surface area contributed by atoms with Crippen LogP contribution >= 0.6 is 0 Å². The van der Waals surface area contributed by atoms with Gasteiger partial charge in [0.05, 0.1) is 6.42 Å². The zero-order valence-electron chi connectivity index (χ0n) is 16.7. The summed E-state index contributed by atoms with van der Waals surface area (Å²) in [6, 6.07) is 9.98. The van der Waals surface area contributed by atoms with Crippen LogP contribution in [0.4, 0.5) is 0 Å². The summed E-state index contributed by atoms with van der Waals surface area (Å²) >= 11 is 0. The van der Waals surface area contributed by atoms with E-state index in [4.69, 9.17) is 15.0 Å². The normalized spacial score (nSPS) is 11.8. The van der Waals surface area contributed by atoms with E-state index in [2.05, 4.69) is 20.4 Å². The molecule has 0 saturated heterocycles. The van der Waals surface area contributed by atoms with E-state index >= 15 is 0 Å². The van der Waals surface area contributed by atoms with Crippen LogP contribution in [0.2, 0.25) is 0 Å². The molecular formula is C21H23N5O4. The molecule has 0 bridgehead atoms. The van der Waals surface area contributed by atoms with Crippen molar-refractivity contribution in [3.8, 4) is 17.1 Å². The number of carbonyl (C=O) groups excluding carboxylic acids is 2. The lowest BCUT2D eigenvalue weighted by Gasteiger charge is -2.18. The zero-order chi connectivity index (χ0) is 21.5. The van der Waals surface area contributed by atoms with Crippen LogP contribution in [0, 0.1) is 5.92 Å². The minimum atomic E-state index is -0.461. The number of hydrogen-bond acceptors (Lipinski definition) is 7. The molecule has 30 heavy (non-hydrogen) atoms. The van der Waals surface area contributed by atoms with E-state index in [1.807, 2.05) is 19.9 Å². The smallest absolute Gasteiger partial charge is 0.258 e. The highest BCUT2D eigenvalue weighted by Crippen LogP contribution is 2.23. The molecule has 9 nitrogen and oxygen atoms in total. The predicted octanol–water partition coefficient (Wildman–Crippen LogP) is 2.05. The van der Waals surface area contributed by atoms with E-state index in [-0.39, 0.29) is 24.9 Å². The van der Waals surface area contributed by atoms with Gasteiger partial charge in [-0.05, 0) is 35.7 Å². The molecule has 9 heteroatoms. The Morgan fingerprint density at radius 3 is 2.60 bits per heavy atom. The fraction of sp³-hybridized carbons (Fsp3) is 0.286. The largest absolute Gasteiger partial charge is 0.484 e. The Hall–Kier alpha value is -3.75. The van der Waals surface area contributed by atoms with E-state index in [0.717, 1.165) is 11.1 Å². The first-order chi connectivity index (χ1) is 14.4. The Bertz CT molecular complexity index is 986. The first kappa shape index (κ1) is 21.0. The van der Waals surface area contributed by atoms with Crippen molar-refractivity contribution >= 4 is 11.8 Å². The monoisotopic (exact) mass is 409 g/mol. The van der Waals surface area contributed by atoms with Crippen LogP contribution in [0.25, 0.3) is 11.4 Å². The highest BCUT2D eigenvalue weighted by molar-refractivity contribution is 5.78. The van der Waals surface area contributed by atoms with Crippen molar-refractivity contribution in [1.29, 1.82) is 0 Å². The lowest BCUT2D eigenvalue weighted by Crippen LogP contribution is -2.35. The van der Waals surface area contributed by atoms with Crippen LogP contribution in [-0.4, -0.2) is 33.5 Å². The van der Waals surface area contributed by atoms with Crippen LogP contribution in [0.15, 0.2) is 53.3 Å². The molecule has 2 amide bonds. The van der Waals surface area contributed by atoms with Gasteiger partial charge in [0.15, 0.2) is 6.61 Å². The lowest BCUT2D eigenvalue weighted by atomic mass is 10.0. The van der Waals surface area contributed by atoms with E-state index in [0.29, 0.717) is 17.5 Å². The van der Waals surface area contributed by atoms with Gasteiger partial charge in [0.25, 0.3) is 5.91 Å². The van der Waals surface area contributed by atoms with Crippen LogP contribution in [-0.2, 0) is 16.0 Å². The third-order valence-electron chi connectivity index (χ3n) is 4.28. The maximum absolute atomic E-state index is 12.4. The number of ether oxygens (including phenoxy) is 1. The molecule has 0 spiro atoms. The summed E-state index contributed by atoms with van der Waals surface area (Å²) in [5.74, 6) is 0.519. The molecule has 156 valence electrons. The molecule has 1 aromatic carbocycles. The third-order valence-corrected chi connectivity index (χ3v) is 4.28. The van der Waals surface area contributed by atoms with Gasteiger partial charge in [-0.3, -0.25) is 14.6 Å². The minimum absolute atomic E-state index is 0.0178. The second-order valence-corrected chi connectivity index (χ2v) is 7.06. The molecule has 0 fully saturated rings. The number of nitrogens with one attached hydrogen (secondary N) is 1. The molecule has 0 aliphatic rings. The number of nitrogens with two attached hydrogens (primary N) is 1. The minimum Gasteiger partial charge on any atom is -0.484 e. The summed E-state index contributed by atoms with van der Waals surface area (Å²) in [6.07, 6.45) is 3.45. The summed E-state index contributed by atoms with van der Waals surface area (Å²) in [6.45, 7) is 3.70. The van der Waals surface area contributed by atoms with Gasteiger partial charge in [-0.25, -0.2) is 0 Å². The molecule has 3 N–H and O–H groups in total. The molecule has 2 heterocycles. The Labute approximate surface area is 173 Å². The number of amides is 2. The Balaban J connectivity index is 1.59. The summed E-state index contributed by atoms with van der Waals surface area (Å²) in [4.78, 5) is 31.8. The topological polar surface area (TPSA) is 133 Å². The van der Waals surface area contributed by atoms with E-state index < -0.39 is 11.9 Å². The maximum atomic E-state index is 12.4. The van der Waals surface area contributed by atoms with Gasteiger partial charge < -0.3 is 20.3 Å². The summed E-state index contributed by atoms with van der Waals surface area (Å²) in [7, 11) is 0. The van der Waals surface area contributed by atoms with Crippen molar-refractivity contribution < 1.29 is 18.8 Å². The number of rotatable bonds is 9. The Morgan fingerprint density at radius 1 is 1.20 bits per heavy atom. The third kappa shape index (κ3) is 5.63. The second-order valence-electron chi connectivity index (χ2n) is 7.06. The number of carbonyl (C=O) groups is 2. The fourth-order valence-electron chi connectivity index (χ4n) is 2.76. The summed E-state index contributed by atoms with van der Waals surface area (Å²) < 4.78 is 10.9. The number of hydrogen-bond donors (Lipinski definition) is 2. The molecule has 0 radical (unpaired) electrons. The number of aromatic nitrogens is 3. The van der Waals surface area contributed by atoms with Crippen molar-refractivity contribution in [3.63, 3.8) is 0 Å². The number of pyridine rings is 1. The quantitative estimate of drug-likeness (QED) is 0.552. The van der Waals surface area contributed by atoms with E-state index in [1.54, 1.807) is 42.7 Å². The average Bonchev–Trinajstić information content (AvgIpc) is 3.21. The molecular weight excluding hydrogens is 386 g/mol.